The number of hydrogen-bond donors (Lipinski definition) is 3. The highest BCUT2D eigenvalue weighted by Gasteiger charge is 2.22. The highest BCUT2D eigenvalue weighted by atomic mass is 16.6. The Kier molecular flexibility index (Phi) is 12.8. The van der Waals surface area contributed by atoms with Crippen LogP contribution in [0.3, 0.4) is 0 Å². The summed E-state index contributed by atoms with van der Waals surface area (Å²) in [5.41, 5.74) is 13.7. The summed E-state index contributed by atoms with van der Waals surface area (Å²) in [4.78, 5) is 47.0. The van der Waals surface area contributed by atoms with Crippen molar-refractivity contribution in [2.75, 3.05) is 71.7 Å². The van der Waals surface area contributed by atoms with Crippen LogP contribution in [-0.4, -0.2) is 117 Å². The maximum absolute atomic E-state index is 13.0. The molecule has 7 rings (SSSR count). The molecule has 2 aromatic carbocycles. The van der Waals surface area contributed by atoms with Gasteiger partial charge in [0.05, 0.1) is 76.8 Å². The van der Waals surface area contributed by atoms with Gasteiger partial charge in [0, 0.05) is 54.7 Å². The lowest BCUT2D eigenvalue weighted by atomic mass is 9.97. The van der Waals surface area contributed by atoms with Gasteiger partial charge >= 0.3 is 0 Å². The molecule has 0 aliphatic carbocycles. The Hall–Kier alpha value is -5.81. The van der Waals surface area contributed by atoms with Gasteiger partial charge in [0.25, 0.3) is 5.91 Å². The number of aromatic nitrogens is 7. The maximum atomic E-state index is 13.0. The van der Waals surface area contributed by atoms with Gasteiger partial charge in [0.1, 0.15) is 23.7 Å². The Morgan fingerprint density at radius 1 is 0.857 bits per heavy atom. The van der Waals surface area contributed by atoms with Crippen molar-refractivity contribution in [2.24, 2.45) is 0 Å². The molecule has 0 fully saturated rings. The number of aryl methyl sites for hydroxylation is 1. The summed E-state index contributed by atoms with van der Waals surface area (Å²) in [6.45, 7) is 7.11. The minimum Gasteiger partial charge on any atom is -0.383 e. The molecule has 56 heavy (non-hydrogen) atoms. The Balaban J connectivity index is 0.766. The Bertz CT molecular complexity index is 2260. The minimum absolute atomic E-state index is 0.0742. The summed E-state index contributed by atoms with van der Waals surface area (Å²) in [5.74, 6) is 0.847. The third-order valence-corrected chi connectivity index (χ3v) is 9.50. The van der Waals surface area contributed by atoms with Gasteiger partial charge in [0.2, 0.25) is 5.91 Å². The van der Waals surface area contributed by atoms with E-state index in [1.54, 1.807) is 6.92 Å². The molecule has 0 bridgehead atoms. The fourth-order valence-corrected chi connectivity index (χ4v) is 6.56. The van der Waals surface area contributed by atoms with Crippen molar-refractivity contribution in [3.63, 3.8) is 0 Å². The summed E-state index contributed by atoms with van der Waals surface area (Å²) < 4.78 is 24.1. The number of benzene rings is 2. The molecule has 4 aromatic heterocycles. The molecule has 16 heteroatoms. The van der Waals surface area contributed by atoms with Crippen LogP contribution >= 0.6 is 0 Å². The lowest BCUT2D eigenvalue weighted by molar-refractivity contribution is -0.133. The number of rotatable bonds is 19. The van der Waals surface area contributed by atoms with Gasteiger partial charge in [-0.2, -0.15) is 5.10 Å². The first kappa shape index (κ1) is 38.5. The van der Waals surface area contributed by atoms with Crippen LogP contribution in [0.4, 0.5) is 5.82 Å². The van der Waals surface area contributed by atoms with E-state index in [2.05, 4.69) is 54.5 Å². The fraction of sp³-hybridized carbons (Fsp3) is 0.375. The van der Waals surface area contributed by atoms with Crippen LogP contribution in [-0.2, 0) is 43.3 Å². The van der Waals surface area contributed by atoms with Crippen molar-refractivity contribution in [1.29, 1.82) is 0 Å². The van der Waals surface area contributed by atoms with Gasteiger partial charge in [-0.15, -0.1) is 0 Å². The quantitative estimate of drug-likeness (QED) is 0.102. The van der Waals surface area contributed by atoms with Crippen LogP contribution in [0.25, 0.3) is 33.2 Å². The zero-order chi connectivity index (χ0) is 38.7. The zero-order valence-corrected chi connectivity index (χ0v) is 31.4. The van der Waals surface area contributed by atoms with Gasteiger partial charge in [-0.25, -0.2) is 24.6 Å². The number of ether oxygens (including phenoxy) is 4. The number of carbonyl (C=O) groups excluding carboxylic acids is 2. The topological polar surface area (TPSA) is 198 Å². The first-order valence-electron chi connectivity index (χ1n) is 18.7. The van der Waals surface area contributed by atoms with E-state index in [-0.39, 0.29) is 11.8 Å². The molecule has 2 amide bonds. The molecule has 6 aromatic rings. The van der Waals surface area contributed by atoms with E-state index in [1.807, 2.05) is 34.0 Å². The number of carbonyl (C=O) groups is 2. The van der Waals surface area contributed by atoms with E-state index in [9.17, 15) is 9.59 Å². The van der Waals surface area contributed by atoms with Gasteiger partial charge in [-0.05, 0) is 48.2 Å². The predicted molar refractivity (Wildman–Crippen MR) is 209 cm³/mol. The molecule has 0 radical (unpaired) electrons. The number of aromatic amines is 1. The zero-order valence-electron chi connectivity index (χ0n) is 31.4. The number of fused-ring (bicyclic) bond motifs is 3. The van der Waals surface area contributed by atoms with Crippen molar-refractivity contribution in [3.8, 4) is 11.3 Å². The average molecular weight is 763 g/mol. The predicted octanol–water partition coefficient (Wildman–Crippen LogP) is 3.47. The number of amides is 2. The van der Waals surface area contributed by atoms with E-state index in [0.29, 0.717) is 108 Å². The minimum atomic E-state index is -0.237. The van der Waals surface area contributed by atoms with E-state index in [1.165, 1.54) is 24.3 Å². The monoisotopic (exact) mass is 762 g/mol. The molecule has 16 nitrogen and oxygen atoms in total. The number of H-pyrrole nitrogens is 1. The Morgan fingerprint density at radius 2 is 1.61 bits per heavy atom. The molecule has 0 atom stereocenters. The molecular weight excluding hydrogens is 717 g/mol. The van der Waals surface area contributed by atoms with E-state index in [0.717, 1.165) is 45.1 Å². The molecule has 4 N–H and O–H groups in total. The summed E-state index contributed by atoms with van der Waals surface area (Å²) in [7, 11) is 0. The first-order chi connectivity index (χ1) is 27.4. The highest BCUT2D eigenvalue weighted by molar-refractivity contribution is 6.00. The van der Waals surface area contributed by atoms with Gasteiger partial charge < -0.3 is 39.9 Å². The summed E-state index contributed by atoms with van der Waals surface area (Å²) in [6.07, 6.45) is 7.48. The van der Waals surface area contributed by atoms with Crippen molar-refractivity contribution in [2.45, 2.75) is 32.9 Å². The van der Waals surface area contributed by atoms with Crippen LogP contribution in [0.1, 0.15) is 39.3 Å². The van der Waals surface area contributed by atoms with Gasteiger partial charge in [-0.1, -0.05) is 24.3 Å². The lowest BCUT2D eigenvalue weighted by Gasteiger charge is -2.29. The second-order valence-electron chi connectivity index (χ2n) is 13.4. The standard InChI is InChI=1S/C40H46N10O6/c1-27-44-22-33(23-45-27)40(52)43-10-13-54-15-17-56-19-18-55-16-14-53-12-8-35(51)49-11-7-29-20-28(2-3-32(29)25-49)24-50-39-36(38(41)46-26-47-39)37(48-50)31-4-5-34-30(21-31)6-9-42-34/h2-6,9,20-23,26,42H,7-8,10-19,24-25H2,1H3,(H,43,52)(H2,41,46,47). The van der Waals surface area contributed by atoms with Crippen LogP contribution in [0.15, 0.2) is 67.4 Å². The number of hydrogen-bond acceptors (Lipinski definition) is 12. The van der Waals surface area contributed by atoms with Crippen LogP contribution in [0.5, 0.6) is 0 Å². The smallest absolute Gasteiger partial charge is 0.254 e. The summed E-state index contributed by atoms with van der Waals surface area (Å²) >= 11 is 0. The number of nitrogen functional groups attached to an aromatic ring is 1. The van der Waals surface area contributed by atoms with E-state index >= 15 is 0 Å². The van der Waals surface area contributed by atoms with Gasteiger partial charge in [-0.3, -0.25) is 9.59 Å². The van der Waals surface area contributed by atoms with Crippen molar-refractivity contribution in [1.82, 2.24) is 44.9 Å². The number of nitrogens with zero attached hydrogens (tertiary/aromatic N) is 7. The molecule has 1 aliphatic rings. The highest BCUT2D eigenvalue weighted by Crippen LogP contribution is 2.32. The second kappa shape index (κ2) is 18.7. The fourth-order valence-electron chi connectivity index (χ4n) is 6.56. The second-order valence-corrected chi connectivity index (χ2v) is 13.4. The Labute approximate surface area is 323 Å². The molecule has 0 saturated carbocycles. The van der Waals surface area contributed by atoms with Crippen LogP contribution in [0.2, 0.25) is 0 Å². The van der Waals surface area contributed by atoms with Crippen LogP contribution in [0, 0.1) is 6.92 Å². The third-order valence-electron chi connectivity index (χ3n) is 9.50. The molecule has 0 spiro atoms. The molecule has 5 heterocycles. The van der Waals surface area contributed by atoms with E-state index in [4.69, 9.17) is 29.8 Å². The number of nitrogens with two attached hydrogens (primary N) is 1. The van der Waals surface area contributed by atoms with Crippen molar-refractivity contribution >= 4 is 39.6 Å². The first-order valence-corrected chi connectivity index (χ1v) is 18.7. The van der Waals surface area contributed by atoms with Crippen molar-refractivity contribution in [3.05, 3.63) is 95.5 Å². The molecular formula is C40H46N10O6. The van der Waals surface area contributed by atoms with Crippen molar-refractivity contribution < 1.29 is 28.5 Å². The maximum Gasteiger partial charge on any atom is 0.254 e. The number of anilines is 1. The largest absolute Gasteiger partial charge is 0.383 e. The molecule has 0 saturated heterocycles. The van der Waals surface area contributed by atoms with Crippen LogP contribution < -0.4 is 11.1 Å². The molecule has 1 aliphatic heterocycles. The lowest BCUT2D eigenvalue weighted by Crippen LogP contribution is -2.36. The van der Waals surface area contributed by atoms with E-state index < -0.39 is 0 Å². The summed E-state index contributed by atoms with van der Waals surface area (Å²) in [5, 5.41) is 9.56. The third kappa shape index (κ3) is 9.70. The summed E-state index contributed by atoms with van der Waals surface area (Å²) in [6, 6.07) is 14.6. The number of nitrogens with one attached hydrogen (secondary N) is 2. The Morgan fingerprint density at radius 3 is 2.39 bits per heavy atom. The normalized spacial score (nSPS) is 12.7. The van der Waals surface area contributed by atoms with Gasteiger partial charge in [0.15, 0.2) is 5.65 Å². The average Bonchev–Trinajstić information content (AvgIpc) is 3.84. The molecule has 0 unspecified atom stereocenters. The molecule has 292 valence electrons. The SMILES string of the molecule is Cc1ncc(C(=O)NCCOCCOCCOCCOCCC(=O)N2CCc3cc(Cn4nc(-c5ccc6[nH]ccc6c5)c5c(N)ncnc54)ccc3C2)cn1.